The number of hydrogen-bond donors (Lipinski definition) is 2. The average Bonchev–Trinajstić information content (AvgIpc) is 2.39. The Balaban J connectivity index is 2.77. The molecule has 5 nitrogen and oxygen atoms in total. The van der Waals surface area contributed by atoms with Crippen LogP contribution in [0.25, 0.3) is 0 Å². The number of nitrogens with zero attached hydrogens (tertiary/aromatic N) is 1. The first kappa shape index (κ1) is 14.3. The molecular formula is C13H20N2O3. The summed E-state index contributed by atoms with van der Waals surface area (Å²) in [4.78, 5) is 13.3. The molecule has 0 fully saturated rings. The summed E-state index contributed by atoms with van der Waals surface area (Å²) in [7, 11) is 3.19. The van der Waals surface area contributed by atoms with E-state index in [-0.39, 0.29) is 11.7 Å². The number of nitrogens with one attached hydrogen (secondary N) is 1. The van der Waals surface area contributed by atoms with Crippen LogP contribution < -0.4 is 10.1 Å². The van der Waals surface area contributed by atoms with Crippen LogP contribution in [0.2, 0.25) is 0 Å². The lowest BCUT2D eigenvalue weighted by atomic mass is 10.1. The van der Waals surface area contributed by atoms with E-state index in [1.807, 2.05) is 11.8 Å². The maximum atomic E-state index is 11.3. The minimum Gasteiger partial charge on any atom is -0.508 e. The van der Waals surface area contributed by atoms with E-state index >= 15 is 0 Å². The number of carbonyl (C=O) groups is 1. The standard InChI is InChI=1S/C13H20N2O3/c1-4-15(9-13(17)14-2)8-10-7-11(18-3)5-6-12(10)16/h5-7,16H,4,8-9H2,1-3H3,(H,14,17). The fourth-order valence-electron chi connectivity index (χ4n) is 1.62. The van der Waals surface area contributed by atoms with Crippen molar-refractivity contribution < 1.29 is 14.6 Å². The fraction of sp³-hybridized carbons (Fsp3) is 0.462. The quantitative estimate of drug-likeness (QED) is 0.792. The molecule has 0 aromatic heterocycles. The number of carbonyl (C=O) groups excluding carboxylic acids is 1. The van der Waals surface area contributed by atoms with Gasteiger partial charge in [0.15, 0.2) is 0 Å². The summed E-state index contributed by atoms with van der Waals surface area (Å²) in [5.74, 6) is 0.865. The lowest BCUT2D eigenvalue weighted by Crippen LogP contribution is -2.35. The maximum absolute atomic E-state index is 11.3. The van der Waals surface area contributed by atoms with Gasteiger partial charge in [0, 0.05) is 19.2 Å². The first-order valence-electron chi connectivity index (χ1n) is 5.89. The van der Waals surface area contributed by atoms with Gasteiger partial charge in [-0.3, -0.25) is 9.69 Å². The van der Waals surface area contributed by atoms with Gasteiger partial charge in [-0.15, -0.1) is 0 Å². The third kappa shape index (κ3) is 3.92. The number of benzene rings is 1. The van der Waals surface area contributed by atoms with Gasteiger partial charge in [0.05, 0.1) is 13.7 Å². The van der Waals surface area contributed by atoms with E-state index in [0.29, 0.717) is 18.8 Å². The first-order valence-corrected chi connectivity index (χ1v) is 5.89. The molecule has 0 saturated carbocycles. The number of phenols is 1. The Kier molecular flexibility index (Phi) is 5.45. The molecular weight excluding hydrogens is 232 g/mol. The highest BCUT2D eigenvalue weighted by molar-refractivity contribution is 5.77. The Labute approximate surface area is 107 Å². The normalized spacial score (nSPS) is 10.4. The van der Waals surface area contributed by atoms with Crippen molar-refractivity contribution in [2.24, 2.45) is 0 Å². The van der Waals surface area contributed by atoms with E-state index in [1.54, 1.807) is 32.4 Å². The second kappa shape index (κ2) is 6.86. The number of hydrogen-bond acceptors (Lipinski definition) is 4. The topological polar surface area (TPSA) is 61.8 Å². The summed E-state index contributed by atoms with van der Waals surface area (Å²) in [6, 6.07) is 5.08. The van der Waals surface area contributed by atoms with E-state index in [0.717, 1.165) is 12.1 Å². The fourth-order valence-corrected chi connectivity index (χ4v) is 1.62. The van der Waals surface area contributed by atoms with Crippen molar-refractivity contribution in [1.29, 1.82) is 0 Å². The monoisotopic (exact) mass is 252 g/mol. The van der Waals surface area contributed by atoms with Crippen LogP contribution in [0.4, 0.5) is 0 Å². The number of rotatable bonds is 6. The minimum absolute atomic E-state index is 0.0424. The zero-order chi connectivity index (χ0) is 13.5. The molecule has 18 heavy (non-hydrogen) atoms. The third-order valence-corrected chi connectivity index (χ3v) is 2.77. The number of aromatic hydroxyl groups is 1. The zero-order valence-corrected chi connectivity index (χ0v) is 11.1. The first-order chi connectivity index (χ1) is 8.60. The SMILES string of the molecule is CCN(CC(=O)NC)Cc1cc(OC)ccc1O. The molecule has 1 amide bonds. The van der Waals surface area contributed by atoms with E-state index in [2.05, 4.69) is 5.32 Å². The number of amides is 1. The molecule has 2 N–H and O–H groups in total. The Morgan fingerprint density at radius 1 is 1.50 bits per heavy atom. The molecule has 0 heterocycles. The number of likely N-dealkylation sites (N-methyl/N-ethyl adjacent to an activating group) is 2. The molecule has 0 unspecified atom stereocenters. The summed E-state index contributed by atoms with van der Waals surface area (Å²) >= 11 is 0. The van der Waals surface area contributed by atoms with Crippen molar-refractivity contribution >= 4 is 5.91 Å². The van der Waals surface area contributed by atoms with Crippen molar-refractivity contribution in [3.05, 3.63) is 23.8 Å². The zero-order valence-electron chi connectivity index (χ0n) is 11.1. The van der Waals surface area contributed by atoms with Crippen LogP contribution in [0.1, 0.15) is 12.5 Å². The highest BCUT2D eigenvalue weighted by Gasteiger charge is 2.11. The summed E-state index contributed by atoms with van der Waals surface area (Å²) in [5.41, 5.74) is 0.750. The molecule has 0 aliphatic rings. The molecule has 0 aliphatic carbocycles. The van der Waals surface area contributed by atoms with E-state index in [4.69, 9.17) is 4.74 Å². The predicted molar refractivity (Wildman–Crippen MR) is 69.7 cm³/mol. The lowest BCUT2D eigenvalue weighted by molar-refractivity contribution is -0.121. The molecule has 5 heteroatoms. The highest BCUT2D eigenvalue weighted by Crippen LogP contribution is 2.24. The van der Waals surface area contributed by atoms with Crippen LogP contribution in [0.5, 0.6) is 11.5 Å². The van der Waals surface area contributed by atoms with Gasteiger partial charge in [-0.05, 0) is 24.7 Å². The second-order valence-corrected chi connectivity index (χ2v) is 3.97. The van der Waals surface area contributed by atoms with E-state index in [1.165, 1.54) is 0 Å². The van der Waals surface area contributed by atoms with Gasteiger partial charge in [-0.1, -0.05) is 6.92 Å². The van der Waals surface area contributed by atoms with Gasteiger partial charge >= 0.3 is 0 Å². The van der Waals surface area contributed by atoms with Crippen LogP contribution >= 0.6 is 0 Å². The molecule has 0 aliphatic heterocycles. The number of methoxy groups -OCH3 is 1. The molecule has 1 rings (SSSR count). The Morgan fingerprint density at radius 3 is 2.78 bits per heavy atom. The number of ether oxygens (including phenoxy) is 1. The molecule has 100 valence electrons. The highest BCUT2D eigenvalue weighted by atomic mass is 16.5. The molecule has 0 bridgehead atoms. The van der Waals surface area contributed by atoms with Gasteiger partial charge in [0.2, 0.25) is 5.91 Å². The van der Waals surface area contributed by atoms with Crippen LogP contribution in [0.15, 0.2) is 18.2 Å². The summed E-state index contributed by atoms with van der Waals surface area (Å²) in [6.07, 6.45) is 0. The van der Waals surface area contributed by atoms with Crippen LogP contribution in [0.3, 0.4) is 0 Å². The Bertz CT molecular complexity index is 407. The van der Waals surface area contributed by atoms with Crippen LogP contribution in [-0.2, 0) is 11.3 Å². The van der Waals surface area contributed by atoms with Crippen molar-refractivity contribution in [3.8, 4) is 11.5 Å². The minimum atomic E-state index is -0.0424. The third-order valence-electron chi connectivity index (χ3n) is 2.77. The summed E-state index contributed by atoms with van der Waals surface area (Å²) < 4.78 is 5.12. The molecule has 0 saturated heterocycles. The van der Waals surface area contributed by atoms with Gasteiger partial charge < -0.3 is 15.2 Å². The van der Waals surface area contributed by atoms with Crippen molar-refractivity contribution in [3.63, 3.8) is 0 Å². The van der Waals surface area contributed by atoms with Gasteiger partial charge in [-0.25, -0.2) is 0 Å². The molecule has 0 spiro atoms. The van der Waals surface area contributed by atoms with Crippen molar-refractivity contribution in [2.75, 3.05) is 27.2 Å². The Hall–Kier alpha value is -1.75. The molecule has 1 aromatic carbocycles. The lowest BCUT2D eigenvalue weighted by Gasteiger charge is -2.20. The van der Waals surface area contributed by atoms with Crippen LogP contribution in [-0.4, -0.2) is 43.2 Å². The van der Waals surface area contributed by atoms with E-state index in [9.17, 15) is 9.90 Å². The van der Waals surface area contributed by atoms with Crippen molar-refractivity contribution in [1.82, 2.24) is 10.2 Å². The van der Waals surface area contributed by atoms with Crippen molar-refractivity contribution in [2.45, 2.75) is 13.5 Å². The molecule has 1 aromatic rings. The maximum Gasteiger partial charge on any atom is 0.233 e. The Morgan fingerprint density at radius 2 is 2.22 bits per heavy atom. The van der Waals surface area contributed by atoms with Crippen LogP contribution in [0, 0.1) is 0 Å². The predicted octanol–water partition coefficient (Wildman–Crippen LogP) is 0.969. The number of phenolic OH excluding ortho intramolecular Hbond substituents is 1. The van der Waals surface area contributed by atoms with Gasteiger partial charge in [-0.2, -0.15) is 0 Å². The second-order valence-electron chi connectivity index (χ2n) is 3.97. The molecule has 0 atom stereocenters. The summed E-state index contributed by atoms with van der Waals surface area (Å²) in [6.45, 7) is 3.51. The average molecular weight is 252 g/mol. The largest absolute Gasteiger partial charge is 0.508 e. The van der Waals surface area contributed by atoms with Gasteiger partial charge in [0.25, 0.3) is 0 Å². The van der Waals surface area contributed by atoms with E-state index < -0.39 is 0 Å². The molecule has 0 radical (unpaired) electrons. The smallest absolute Gasteiger partial charge is 0.233 e. The summed E-state index contributed by atoms with van der Waals surface area (Å²) in [5, 5.41) is 12.4. The van der Waals surface area contributed by atoms with Gasteiger partial charge in [0.1, 0.15) is 11.5 Å².